The Bertz CT molecular complexity index is 285. The molecule has 1 aromatic rings. The van der Waals surface area contributed by atoms with Crippen LogP contribution in [0.15, 0.2) is 17.5 Å². The molecule has 0 aromatic carbocycles. The van der Waals surface area contributed by atoms with Gasteiger partial charge in [-0.05, 0) is 31.3 Å². The third-order valence-corrected chi connectivity index (χ3v) is 2.89. The van der Waals surface area contributed by atoms with Gasteiger partial charge in [0.1, 0.15) is 6.04 Å². The highest BCUT2D eigenvalue weighted by atomic mass is 32.1. The smallest absolute Gasteiger partial charge is 0.328 e. The van der Waals surface area contributed by atoms with E-state index in [2.05, 4.69) is 12.2 Å². The highest BCUT2D eigenvalue weighted by Crippen LogP contribution is 2.20. The third-order valence-electron chi connectivity index (χ3n) is 1.95. The van der Waals surface area contributed by atoms with Crippen molar-refractivity contribution in [2.45, 2.75) is 26.3 Å². The number of esters is 1. The summed E-state index contributed by atoms with van der Waals surface area (Å²) in [6.07, 6.45) is 1.00. The van der Waals surface area contributed by atoms with Gasteiger partial charge in [-0.1, -0.05) is 13.0 Å². The van der Waals surface area contributed by atoms with Crippen LogP contribution in [0.3, 0.4) is 0 Å². The van der Waals surface area contributed by atoms with Crippen LogP contribution in [0.1, 0.15) is 31.2 Å². The summed E-state index contributed by atoms with van der Waals surface area (Å²) in [6.45, 7) is 5.14. The molecule has 0 fully saturated rings. The standard InChI is InChI=1S/C11H17NO2S/c1-3-7-12-10(11(13)14-4-2)9-6-5-8-15-9/h5-6,8,10,12H,3-4,7H2,1-2H3. The van der Waals surface area contributed by atoms with Crippen molar-refractivity contribution in [1.29, 1.82) is 0 Å². The summed E-state index contributed by atoms with van der Waals surface area (Å²) < 4.78 is 5.03. The molecule has 0 bridgehead atoms. The second-order valence-corrected chi connectivity index (χ2v) is 4.13. The molecule has 0 saturated heterocycles. The Morgan fingerprint density at radius 2 is 2.40 bits per heavy atom. The molecular weight excluding hydrogens is 210 g/mol. The maximum Gasteiger partial charge on any atom is 0.328 e. The second kappa shape index (κ2) is 6.58. The summed E-state index contributed by atoms with van der Waals surface area (Å²) in [7, 11) is 0. The fraction of sp³-hybridized carbons (Fsp3) is 0.545. The van der Waals surface area contributed by atoms with Gasteiger partial charge < -0.3 is 10.1 Å². The summed E-state index contributed by atoms with van der Waals surface area (Å²) in [4.78, 5) is 12.7. The van der Waals surface area contributed by atoms with E-state index in [1.807, 2.05) is 24.4 Å². The van der Waals surface area contributed by atoms with Gasteiger partial charge in [0, 0.05) is 4.88 Å². The van der Waals surface area contributed by atoms with E-state index in [1.165, 1.54) is 0 Å². The van der Waals surface area contributed by atoms with Gasteiger partial charge in [-0.3, -0.25) is 0 Å². The molecule has 1 rings (SSSR count). The van der Waals surface area contributed by atoms with Crippen molar-refractivity contribution in [2.75, 3.05) is 13.2 Å². The van der Waals surface area contributed by atoms with E-state index in [0.29, 0.717) is 6.61 Å². The van der Waals surface area contributed by atoms with E-state index < -0.39 is 0 Å². The molecule has 1 N–H and O–H groups in total. The van der Waals surface area contributed by atoms with Crippen LogP contribution in [0, 0.1) is 0 Å². The van der Waals surface area contributed by atoms with Crippen molar-refractivity contribution in [3.63, 3.8) is 0 Å². The zero-order valence-electron chi connectivity index (χ0n) is 9.16. The molecule has 15 heavy (non-hydrogen) atoms. The first-order valence-corrected chi connectivity index (χ1v) is 6.11. The summed E-state index contributed by atoms with van der Waals surface area (Å²) in [5.74, 6) is -0.187. The van der Waals surface area contributed by atoms with E-state index in [0.717, 1.165) is 17.8 Å². The van der Waals surface area contributed by atoms with Crippen molar-refractivity contribution in [3.05, 3.63) is 22.4 Å². The van der Waals surface area contributed by atoms with Crippen LogP contribution in [0.4, 0.5) is 0 Å². The zero-order chi connectivity index (χ0) is 11.1. The van der Waals surface area contributed by atoms with Crippen LogP contribution in [0.2, 0.25) is 0 Å². The van der Waals surface area contributed by atoms with E-state index >= 15 is 0 Å². The molecule has 0 radical (unpaired) electrons. The lowest BCUT2D eigenvalue weighted by atomic mass is 10.2. The molecular formula is C11H17NO2S. The Labute approximate surface area is 94.5 Å². The normalized spacial score (nSPS) is 12.4. The van der Waals surface area contributed by atoms with Crippen LogP contribution in [-0.2, 0) is 9.53 Å². The highest BCUT2D eigenvalue weighted by Gasteiger charge is 2.21. The summed E-state index contributed by atoms with van der Waals surface area (Å²) in [5, 5.41) is 5.16. The average molecular weight is 227 g/mol. The van der Waals surface area contributed by atoms with Crippen molar-refractivity contribution >= 4 is 17.3 Å². The van der Waals surface area contributed by atoms with Gasteiger partial charge in [0.25, 0.3) is 0 Å². The highest BCUT2D eigenvalue weighted by molar-refractivity contribution is 7.10. The largest absolute Gasteiger partial charge is 0.465 e. The number of nitrogens with one attached hydrogen (secondary N) is 1. The number of carbonyl (C=O) groups excluding carboxylic acids is 1. The van der Waals surface area contributed by atoms with Gasteiger partial charge in [0.2, 0.25) is 0 Å². The first kappa shape index (κ1) is 12.2. The molecule has 1 atom stereocenters. The van der Waals surface area contributed by atoms with Gasteiger partial charge in [-0.2, -0.15) is 0 Å². The minimum atomic E-state index is -0.301. The predicted octanol–water partition coefficient (Wildman–Crippen LogP) is 2.35. The van der Waals surface area contributed by atoms with E-state index in [4.69, 9.17) is 4.74 Å². The molecule has 1 heterocycles. The predicted molar refractivity (Wildman–Crippen MR) is 62.0 cm³/mol. The van der Waals surface area contributed by atoms with Crippen LogP contribution in [-0.4, -0.2) is 19.1 Å². The van der Waals surface area contributed by atoms with Gasteiger partial charge in [-0.25, -0.2) is 4.79 Å². The number of ether oxygens (including phenoxy) is 1. The van der Waals surface area contributed by atoms with Gasteiger partial charge in [0.05, 0.1) is 6.61 Å². The first-order chi connectivity index (χ1) is 7.29. The molecule has 0 aliphatic rings. The van der Waals surface area contributed by atoms with Crippen molar-refractivity contribution in [2.24, 2.45) is 0 Å². The Kier molecular flexibility index (Phi) is 5.36. The number of hydrogen-bond donors (Lipinski definition) is 1. The molecule has 1 aromatic heterocycles. The Balaban J connectivity index is 2.65. The molecule has 0 saturated carbocycles. The fourth-order valence-corrected chi connectivity index (χ4v) is 2.06. The number of rotatable bonds is 6. The molecule has 0 aliphatic carbocycles. The Morgan fingerprint density at radius 3 is 2.93 bits per heavy atom. The average Bonchev–Trinajstić information content (AvgIpc) is 2.72. The van der Waals surface area contributed by atoms with Crippen LogP contribution in [0.5, 0.6) is 0 Å². The lowest BCUT2D eigenvalue weighted by molar-refractivity contribution is -0.145. The molecule has 0 spiro atoms. The number of hydrogen-bond acceptors (Lipinski definition) is 4. The molecule has 0 amide bonds. The van der Waals surface area contributed by atoms with E-state index in [9.17, 15) is 4.79 Å². The maximum atomic E-state index is 11.7. The van der Waals surface area contributed by atoms with Crippen molar-refractivity contribution in [3.8, 4) is 0 Å². The summed E-state index contributed by atoms with van der Waals surface area (Å²) in [5.41, 5.74) is 0. The number of carbonyl (C=O) groups is 1. The van der Waals surface area contributed by atoms with Crippen molar-refractivity contribution < 1.29 is 9.53 Å². The van der Waals surface area contributed by atoms with Gasteiger partial charge in [-0.15, -0.1) is 11.3 Å². The molecule has 0 aliphatic heterocycles. The monoisotopic (exact) mass is 227 g/mol. The molecule has 1 unspecified atom stereocenters. The van der Waals surface area contributed by atoms with E-state index in [-0.39, 0.29) is 12.0 Å². The van der Waals surface area contributed by atoms with Crippen LogP contribution in [0.25, 0.3) is 0 Å². The second-order valence-electron chi connectivity index (χ2n) is 3.15. The quantitative estimate of drug-likeness (QED) is 0.758. The SMILES string of the molecule is CCCNC(C(=O)OCC)c1cccs1. The first-order valence-electron chi connectivity index (χ1n) is 5.23. The Hall–Kier alpha value is -0.870. The maximum absolute atomic E-state index is 11.7. The molecule has 84 valence electrons. The fourth-order valence-electron chi connectivity index (χ4n) is 1.27. The van der Waals surface area contributed by atoms with Gasteiger partial charge in [0.15, 0.2) is 0 Å². The lowest BCUT2D eigenvalue weighted by Gasteiger charge is -2.15. The number of thiophene rings is 1. The summed E-state index contributed by atoms with van der Waals surface area (Å²) >= 11 is 1.57. The van der Waals surface area contributed by atoms with E-state index in [1.54, 1.807) is 11.3 Å². The minimum Gasteiger partial charge on any atom is -0.465 e. The van der Waals surface area contributed by atoms with Crippen LogP contribution >= 0.6 is 11.3 Å². The van der Waals surface area contributed by atoms with Crippen molar-refractivity contribution in [1.82, 2.24) is 5.32 Å². The third kappa shape index (κ3) is 3.64. The topological polar surface area (TPSA) is 38.3 Å². The lowest BCUT2D eigenvalue weighted by Crippen LogP contribution is -2.30. The zero-order valence-corrected chi connectivity index (χ0v) is 9.97. The molecule has 3 nitrogen and oxygen atoms in total. The summed E-state index contributed by atoms with van der Waals surface area (Å²) in [6, 6.07) is 3.60. The Morgan fingerprint density at radius 1 is 1.60 bits per heavy atom. The minimum absolute atomic E-state index is 0.187. The van der Waals surface area contributed by atoms with Gasteiger partial charge >= 0.3 is 5.97 Å². The van der Waals surface area contributed by atoms with Crippen LogP contribution < -0.4 is 5.32 Å². The molecule has 4 heteroatoms.